The van der Waals surface area contributed by atoms with Crippen LogP contribution in [0.15, 0.2) is 12.1 Å². The van der Waals surface area contributed by atoms with Crippen LogP contribution in [0.4, 0.5) is 4.39 Å². The molecule has 0 bridgehead atoms. The van der Waals surface area contributed by atoms with E-state index in [1.54, 1.807) is 0 Å². The molecule has 1 heterocycles. The largest absolute Gasteiger partial charge is 0.493 e. The quantitative estimate of drug-likeness (QED) is 0.832. The van der Waals surface area contributed by atoms with Crippen molar-refractivity contribution in [3.63, 3.8) is 0 Å². The Morgan fingerprint density at radius 2 is 2.19 bits per heavy atom. The van der Waals surface area contributed by atoms with Crippen molar-refractivity contribution < 1.29 is 9.13 Å². The van der Waals surface area contributed by atoms with Gasteiger partial charge in [0.1, 0.15) is 0 Å². The van der Waals surface area contributed by atoms with Gasteiger partial charge in [-0.3, -0.25) is 0 Å². The predicted octanol–water partition coefficient (Wildman–Crippen LogP) is 2.96. The molecule has 1 fully saturated rings. The van der Waals surface area contributed by atoms with Gasteiger partial charge in [0.2, 0.25) is 0 Å². The Morgan fingerprint density at radius 3 is 2.81 bits per heavy atom. The third-order valence-electron chi connectivity index (χ3n) is 3.23. The average molecular weight is 223 g/mol. The zero-order valence-electron chi connectivity index (χ0n) is 9.85. The summed E-state index contributed by atoms with van der Waals surface area (Å²) in [5.74, 6) is 0.134. The number of methoxy groups -OCH3 is 1. The molecule has 0 spiro atoms. The maximum absolute atomic E-state index is 13.6. The molecule has 1 atom stereocenters. The molecule has 2 nitrogen and oxygen atoms in total. The van der Waals surface area contributed by atoms with Crippen LogP contribution in [-0.4, -0.2) is 13.7 Å². The fourth-order valence-electron chi connectivity index (χ4n) is 2.41. The highest BCUT2D eigenvalue weighted by Gasteiger charge is 2.22. The van der Waals surface area contributed by atoms with Gasteiger partial charge < -0.3 is 10.1 Å². The Balaban J connectivity index is 2.40. The molecule has 1 aromatic rings. The first-order valence-corrected chi connectivity index (χ1v) is 5.80. The topological polar surface area (TPSA) is 21.3 Å². The third kappa shape index (κ3) is 2.05. The lowest BCUT2D eigenvalue weighted by Crippen LogP contribution is -2.28. The Labute approximate surface area is 95.8 Å². The lowest BCUT2D eigenvalue weighted by atomic mass is 9.93. The zero-order chi connectivity index (χ0) is 11.5. The SMILES string of the molecule is COc1c(F)ccc(C)c1C1CCCCN1. The highest BCUT2D eigenvalue weighted by atomic mass is 19.1. The first kappa shape index (κ1) is 11.4. The summed E-state index contributed by atoms with van der Waals surface area (Å²) in [6.07, 6.45) is 3.45. The molecule has 0 aromatic heterocycles. The Hall–Kier alpha value is -1.09. The molecule has 0 saturated carbocycles. The lowest BCUT2D eigenvalue weighted by Gasteiger charge is -2.27. The fraction of sp³-hybridized carbons (Fsp3) is 0.538. The minimum absolute atomic E-state index is 0.236. The smallest absolute Gasteiger partial charge is 0.165 e. The van der Waals surface area contributed by atoms with Crippen molar-refractivity contribution in [1.82, 2.24) is 5.32 Å². The van der Waals surface area contributed by atoms with Crippen molar-refractivity contribution in [1.29, 1.82) is 0 Å². The van der Waals surface area contributed by atoms with Gasteiger partial charge in [-0.05, 0) is 37.9 Å². The molecule has 1 saturated heterocycles. The van der Waals surface area contributed by atoms with E-state index >= 15 is 0 Å². The summed E-state index contributed by atoms with van der Waals surface area (Å²) < 4.78 is 18.8. The Morgan fingerprint density at radius 1 is 1.38 bits per heavy atom. The number of benzene rings is 1. The molecule has 3 heteroatoms. The van der Waals surface area contributed by atoms with Crippen molar-refractivity contribution in [2.75, 3.05) is 13.7 Å². The second kappa shape index (κ2) is 4.83. The van der Waals surface area contributed by atoms with E-state index < -0.39 is 0 Å². The lowest BCUT2D eigenvalue weighted by molar-refractivity contribution is 0.354. The van der Waals surface area contributed by atoms with Gasteiger partial charge in [-0.1, -0.05) is 12.5 Å². The normalized spacial score (nSPS) is 20.8. The van der Waals surface area contributed by atoms with Crippen LogP contribution in [0.1, 0.15) is 36.4 Å². The molecule has 0 radical (unpaired) electrons. The summed E-state index contributed by atoms with van der Waals surface area (Å²) in [6.45, 7) is 3.01. The van der Waals surface area contributed by atoms with Gasteiger partial charge in [0.25, 0.3) is 0 Å². The van der Waals surface area contributed by atoms with Crippen LogP contribution in [0.25, 0.3) is 0 Å². The number of piperidine rings is 1. The second-order valence-electron chi connectivity index (χ2n) is 4.31. The molecule has 1 N–H and O–H groups in total. The average Bonchev–Trinajstić information content (AvgIpc) is 2.33. The van der Waals surface area contributed by atoms with Gasteiger partial charge in [0.15, 0.2) is 11.6 Å². The molecule has 1 aliphatic rings. The van der Waals surface area contributed by atoms with Crippen LogP contribution in [0, 0.1) is 12.7 Å². The van der Waals surface area contributed by atoms with Crippen molar-refractivity contribution in [3.05, 3.63) is 29.1 Å². The van der Waals surface area contributed by atoms with E-state index in [0.717, 1.165) is 24.1 Å². The monoisotopic (exact) mass is 223 g/mol. The van der Waals surface area contributed by atoms with Gasteiger partial charge in [-0.15, -0.1) is 0 Å². The fourth-order valence-corrected chi connectivity index (χ4v) is 2.41. The van der Waals surface area contributed by atoms with Crippen LogP contribution in [-0.2, 0) is 0 Å². The van der Waals surface area contributed by atoms with E-state index in [-0.39, 0.29) is 11.9 Å². The maximum atomic E-state index is 13.6. The molecule has 88 valence electrons. The standard InChI is InChI=1S/C13H18FNO/c1-9-6-7-10(14)13(16-2)12(9)11-5-3-4-8-15-11/h6-7,11,15H,3-5,8H2,1-2H3. The number of hydrogen-bond acceptors (Lipinski definition) is 2. The van der Waals surface area contributed by atoms with Crippen molar-refractivity contribution in [2.24, 2.45) is 0 Å². The van der Waals surface area contributed by atoms with Gasteiger partial charge in [-0.25, -0.2) is 4.39 Å². The molecular formula is C13H18FNO. The van der Waals surface area contributed by atoms with E-state index in [9.17, 15) is 4.39 Å². The molecule has 2 rings (SSSR count). The summed E-state index contributed by atoms with van der Waals surface area (Å²) >= 11 is 0. The molecule has 16 heavy (non-hydrogen) atoms. The van der Waals surface area contributed by atoms with Gasteiger partial charge in [-0.2, -0.15) is 0 Å². The number of rotatable bonds is 2. The van der Waals surface area contributed by atoms with Crippen LogP contribution < -0.4 is 10.1 Å². The summed E-state index contributed by atoms with van der Waals surface area (Å²) in [5, 5.41) is 3.43. The minimum atomic E-state index is -0.268. The van der Waals surface area contributed by atoms with E-state index in [1.165, 1.54) is 26.0 Å². The predicted molar refractivity (Wildman–Crippen MR) is 62.3 cm³/mol. The highest BCUT2D eigenvalue weighted by Crippen LogP contribution is 2.34. The van der Waals surface area contributed by atoms with E-state index in [1.807, 2.05) is 13.0 Å². The van der Waals surface area contributed by atoms with Crippen LogP contribution in [0.3, 0.4) is 0 Å². The molecule has 1 aliphatic heterocycles. The van der Waals surface area contributed by atoms with E-state index in [0.29, 0.717) is 5.75 Å². The van der Waals surface area contributed by atoms with Crippen LogP contribution in [0.2, 0.25) is 0 Å². The summed E-state index contributed by atoms with van der Waals surface area (Å²) in [6, 6.07) is 3.53. The summed E-state index contributed by atoms with van der Waals surface area (Å²) in [7, 11) is 1.53. The maximum Gasteiger partial charge on any atom is 0.165 e. The molecular weight excluding hydrogens is 205 g/mol. The summed E-state index contributed by atoms with van der Waals surface area (Å²) in [4.78, 5) is 0. The van der Waals surface area contributed by atoms with Gasteiger partial charge in [0, 0.05) is 11.6 Å². The van der Waals surface area contributed by atoms with Crippen molar-refractivity contribution in [3.8, 4) is 5.75 Å². The van der Waals surface area contributed by atoms with E-state index in [2.05, 4.69) is 5.32 Å². The molecule has 0 aliphatic carbocycles. The number of hydrogen-bond donors (Lipinski definition) is 1. The van der Waals surface area contributed by atoms with Crippen LogP contribution in [0.5, 0.6) is 5.75 Å². The van der Waals surface area contributed by atoms with Gasteiger partial charge >= 0.3 is 0 Å². The first-order valence-electron chi connectivity index (χ1n) is 5.80. The number of halogens is 1. The Bertz CT molecular complexity index is 372. The van der Waals surface area contributed by atoms with Crippen molar-refractivity contribution >= 4 is 0 Å². The second-order valence-corrected chi connectivity index (χ2v) is 4.31. The highest BCUT2D eigenvalue weighted by molar-refractivity contribution is 5.43. The van der Waals surface area contributed by atoms with E-state index in [4.69, 9.17) is 4.74 Å². The third-order valence-corrected chi connectivity index (χ3v) is 3.23. The first-order chi connectivity index (χ1) is 7.74. The molecule has 1 unspecified atom stereocenters. The Kier molecular flexibility index (Phi) is 3.44. The summed E-state index contributed by atoms with van der Waals surface area (Å²) in [5.41, 5.74) is 2.08. The van der Waals surface area contributed by atoms with Crippen LogP contribution >= 0.6 is 0 Å². The number of ether oxygens (including phenoxy) is 1. The molecule has 0 amide bonds. The van der Waals surface area contributed by atoms with Crippen molar-refractivity contribution in [2.45, 2.75) is 32.2 Å². The minimum Gasteiger partial charge on any atom is -0.493 e. The zero-order valence-corrected chi connectivity index (χ0v) is 9.85. The van der Waals surface area contributed by atoms with Gasteiger partial charge in [0.05, 0.1) is 7.11 Å². The number of nitrogens with one attached hydrogen (secondary N) is 1. The molecule has 1 aromatic carbocycles. The number of aryl methyl sites for hydroxylation is 1.